The number of rotatable bonds is 6. The van der Waals surface area contributed by atoms with E-state index in [2.05, 4.69) is 47.8 Å². The van der Waals surface area contributed by atoms with Crippen LogP contribution in [0, 0.1) is 0 Å². The molecule has 0 aliphatic heterocycles. The number of hydrogen-bond donors (Lipinski definition) is 1. The van der Waals surface area contributed by atoms with Crippen molar-refractivity contribution in [2.24, 2.45) is 0 Å². The van der Waals surface area contributed by atoms with Gasteiger partial charge in [0.05, 0.1) is 14.2 Å². The standard InChI is InChI=1S/C21H27NO2/c1-23-20-12-11-18(14-21(20)24-2)17-9-6-10-19(13-17)22-15-16-7-4-3-5-8-16/h3-5,7-8,11-12,14,17,19,22H,6,9-10,13,15H2,1-2H3/t17-,19-/m0/s1. The summed E-state index contributed by atoms with van der Waals surface area (Å²) in [5.41, 5.74) is 2.71. The Morgan fingerprint density at radius 3 is 2.50 bits per heavy atom. The normalized spacial score (nSPS) is 20.6. The second-order valence-corrected chi connectivity index (χ2v) is 6.54. The fourth-order valence-corrected chi connectivity index (χ4v) is 3.64. The van der Waals surface area contributed by atoms with Crippen LogP contribution in [0.5, 0.6) is 11.5 Å². The molecule has 3 nitrogen and oxygen atoms in total. The molecular formula is C21H27NO2. The molecule has 24 heavy (non-hydrogen) atoms. The van der Waals surface area contributed by atoms with Gasteiger partial charge in [0, 0.05) is 12.6 Å². The van der Waals surface area contributed by atoms with Gasteiger partial charge in [-0.05, 0) is 48.4 Å². The van der Waals surface area contributed by atoms with E-state index < -0.39 is 0 Å². The van der Waals surface area contributed by atoms with Crippen LogP contribution in [0.25, 0.3) is 0 Å². The molecule has 0 unspecified atom stereocenters. The van der Waals surface area contributed by atoms with E-state index in [1.807, 2.05) is 6.07 Å². The van der Waals surface area contributed by atoms with Gasteiger partial charge < -0.3 is 14.8 Å². The third-order valence-electron chi connectivity index (χ3n) is 4.99. The van der Waals surface area contributed by atoms with Gasteiger partial charge in [0.25, 0.3) is 0 Å². The first kappa shape index (κ1) is 16.8. The van der Waals surface area contributed by atoms with Gasteiger partial charge in [0.2, 0.25) is 0 Å². The first-order chi connectivity index (χ1) is 11.8. The highest BCUT2D eigenvalue weighted by Gasteiger charge is 2.23. The molecule has 3 rings (SSSR count). The Bertz CT molecular complexity index is 642. The number of nitrogens with one attached hydrogen (secondary N) is 1. The molecule has 1 saturated carbocycles. The van der Waals surface area contributed by atoms with Gasteiger partial charge in [-0.3, -0.25) is 0 Å². The molecule has 1 fully saturated rings. The van der Waals surface area contributed by atoms with Crippen molar-refractivity contribution in [3.63, 3.8) is 0 Å². The van der Waals surface area contributed by atoms with E-state index in [4.69, 9.17) is 9.47 Å². The maximum Gasteiger partial charge on any atom is 0.160 e. The van der Waals surface area contributed by atoms with Gasteiger partial charge in [-0.2, -0.15) is 0 Å². The van der Waals surface area contributed by atoms with E-state index in [-0.39, 0.29) is 0 Å². The topological polar surface area (TPSA) is 30.5 Å². The molecule has 2 atom stereocenters. The van der Waals surface area contributed by atoms with Crippen LogP contribution in [0.1, 0.15) is 42.7 Å². The molecule has 0 saturated heterocycles. The van der Waals surface area contributed by atoms with E-state index in [1.54, 1.807) is 14.2 Å². The van der Waals surface area contributed by atoms with E-state index in [0.29, 0.717) is 12.0 Å². The number of benzene rings is 2. The minimum atomic E-state index is 0.581. The van der Waals surface area contributed by atoms with Crippen molar-refractivity contribution in [2.75, 3.05) is 14.2 Å². The largest absolute Gasteiger partial charge is 0.493 e. The Labute approximate surface area is 145 Å². The second-order valence-electron chi connectivity index (χ2n) is 6.54. The van der Waals surface area contributed by atoms with Crippen LogP contribution in [0.3, 0.4) is 0 Å². The molecule has 1 aliphatic rings. The quantitative estimate of drug-likeness (QED) is 0.847. The number of ether oxygens (including phenoxy) is 2. The summed E-state index contributed by atoms with van der Waals surface area (Å²) in [6.45, 7) is 0.949. The van der Waals surface area contributed by atoms with Crippen LogP contribution in [0.2, 0.25) is 0 Å². The Balaban J connectivity index is 1.63. The second kappa shape index (κ2) is 8.20. The SMILES string of the molecule is COc1ccc([C@H]2CCC[C@H](NCc3ccccc3)C2)cc1OC. The summed E-state index contributed by atoms with van der Waals surface area (Å²) < 4.78 is 10.8. The molecule has 0 radical (unpaired) electrons. The maximum absolute atomic E-state index is 5.46. The molecule has 0 bridgehead atoms. The van der Waals surface area contributed by atoms with Gasteiger partial charge >= 0.3 is 0 Å². The molecule has 0 heterocycles. The van der Waals surface area contributed by atoms with Gasteiger partial charge in [0.1, 0.15) is 0 Å². The predicted octanol–water partition coefficient (Wildman–Crippen LogP) is 4.52. The lowest BCUT2D eigenvalue weighted by Gasteiger charge is -2.30. The molecular weight excluding hydrogens is 298 g/mol. The summed E-state index contributed by atoms with van der Waals surface area (Å²) in [7, 11) is 3.38. The van der Waals surface area contributed by atoms with Crippen LogP contribution in [-0.2, 0) is 6.54 Å². The highest BCUT2D eigenvalue weighted by molar-refractivity contribution is 5.44. The van der Waals surface area contributed by atoms with Crippen molar-refractivity contribution in [2.45, 2.75) is 44.2 Å². The average molecular weight is 325 g/mol. The summed E-state index contributed by atoms with van der Waals surface area (Å²) in [5, 5.41) is 3.73. The Morgan fingerprint density at radius 2 is 1.75 bits per heavy atom. The smallest absolute Gasteiger partial charge is 0.160 e. The molecule has 3 heteroatoms. The van der Waals surface area contributed by atoms with Crippen LogP contribution < -0.4 is 14.8 Å². The lowest BCUT2D eigenvalue weighted by molar-refractivity contribution is 0.334. The predicted molar refractivity (Wildman–Crippen MR) is 97.8 cm³/mol. The third-order valence-corrected chi connectivity index (χ3v) is 4.99. The fourth-order valence-electron chi connectivity index (χ4n) is 3.64. The van der Waals surface area contributed by atoms with Crippen LogP contribution in [-0.4, -0.2) is 20.3 Å². The van der Waals surface area contributed by atoms with E-state index in [1.165, 1.54) is 36.8 Å². The highest BCUT2D eigenvalue weighted by atomic mass is 16.5. The third kappa shape index (κ3) is 4.09. The molecule has 1 aliphatic carbocycles. The molecule has 1 N–H and O–H groups in total. The minimum Gasteiger partial charge on any atom is -0.493 e. The summed E-state index contributed by atoms with van der Waals surface area (Å²) in [4.78, 5) is 0. The van der Waals surface area contributed by atoms with Crippen molar-refractivity contribution >= 4 is 0 Å². The summed E-state index contributed by atoms with van der Waals surface area (Å²) in [6.07, 6.45) is 4.96. The lowest BCUT2D eigenvalue weighted by atomic mass is 9.81. The Hall–Kier alpha value is -2.00. The minimum absolute atomic E-state index is 0.581. The fraction of sp³-hybridized carbons (Fsp3) is 0.429. The van der Waals surface area contributed by atoms with Crippen LogP contribution >= 0.6 is 0 Å². The Kier molecular flexibility index (Phi) is 5.76. The van der Waals surface area contributed by atoms with Crippen molar-refractivity contribution in [1.29, 1.82) is 0 Å². The number of hydrogen-bond acceptors (Lipinski definition) is 3. The molecule has 2 aromatic carbocycles. The van der Waals surface area contributed by atoms with Crippen LogP contribution in [0.4, 0.5) is 0 Å². The zero-order valence-corrected chi connectivity index (χ0v) is 14.6. The molecule has 128 valence electrons. The first-order valence-corrected chi connectivity index (χ1v) is 8.79. The van der Waals surface area contributed by atoms with Crippen molar-refractivity contribution in [3.05, 3.63) is 59.7 Å². The van der Waals surface area contributed by atoms with Gasteiger partial charge in [-0.15, -0.1) is 0 Å². The zero-order valence-electron chi connectivity index (χ0n) is 14.6. The van der Waals surface area contributed by atoms with E-state index in [0.717, 1.165) is 18.0 Å². The van der Waals surface area contributed by atoms with Crippen molar-refractivity contribution < 1.29 is 9.47 Å². The monoisotopic (exact) mass is 325 g/mol. The maximum atomic E-state index is 5.46. The first-order valence-electron chi connectivity index (χ1n) is 8.79. The summed E-state index contributed by atoms with van der Waals surface area (Å²) in [5.74, 6) is 2.22. The zero-order chi connectivity index (χ0) is 16.8. The summed E-state index contributed by atoms with van der Waals surface area (Å²) >= 11 is 0. The van der Waals surface area contributed by atoms with E-state index in [9.17, 15) is 0 Å². The van der Waals surface area contributed by atoms with Crippen molar-refractivity contribution in [3.8, 4) is 11.5 Å². The summed E-state index contributed by atoms with van der Waals surface area (Å²) in [6, 6.07) is 17.6. The van der Waals surface area contributed by atoms with Gasteiger partial charge in [0.15, 0.2) is 11.5 Å². The van der Waals surface area contributed by atoms with E-state index >= 15 is 0 Å². The molecule has 0 spiro atoms. The molecule has 2 aromatic rings. The number of methoxy groups -OCH3 is 2. The highest BCUT2D eigenvalue weighted by Crippen LogP contribution is 2.37. The van der Waals surface area contributed by atoms with Crippen LogP contribution in [0.15, 0.2) is 48.5 Å². The molecule has 0 aromatic heterocycles. The average Bonchev–Trinajstić information content (AvgIpc) is 2.67. The van der Waals surface area contributed by atoms with Gasteiger partial charge in [-0.25, -0.2) is 0 Å². The Morgan fingerprint density at radius 1 is 0.958 bits per heavy atom. The lowest BCUT2D eigenvalue weighted by Crippen LogP contribution is -2.33. The van der Waals surface area contributed by atoms with Crippen molar-refractivity contribution in [1.82, 2.24) is 5.32 Å². The van der Waals surface area contributed by atoms with Gasteiger partial charge in [-0.1, -0.05) is 42.8 Å². The molecule has 0 amide bonds.